The minimum Gasteiger partial charge on any atom is -0.508 e. The van der Waals surface area contributed by atoms with E-state index < -0.39 is 0 Å². The first-order chi connectivity index (χ1) is 24.7. The Kier molecular flexibility index (Phi) is 11.6. The summed E-state index contributed by atoms with van der Waals surface area (Å²) >= 11 is 0. The molecule has 0 heterocycles. The zero-order chi connectivity index (χ0) is 42.0. The van der Waals surface area contributed by atoms with Crippen LogP contribution in [0, 0.1) is 16.2 Å². The lowest BCUT2D eigenvalue weighted by atomic mass is 9.63. The molecule has 0 bridgehead atoms. The van der Waals surface area contributed by atoms with Gasteiger partial charge >= 0.3 is 0 Å². The van der Waals surface area contributed by atoms with Crippen molar-refractivity contribution in [3.05, 3.63) is 117 Å². The Bertz CT molecular complexity index is 1900. The van der Waals surface area contributed by atoms with Gasteiger partial charge in [0.15, 0.2) is 0 Å². The lowest BCUT2D eigenvalue weighted by Crippen LogP contribution is -2.28. The average molecular weight is 749 g/mol. The Labute approximate surface area is 334 Å². The van der Waals surface area contributed by atoms with Gasteiger partial charge in [-0.1, -0.05) is 155 Å². The molecule has 4 heteroatoms. The van der Waals surface area contributed by atoms with Crippen LogP contribution in [0.15, 0.2) is 66.7 Å². The zero-order valence-corrected chi connectivity index (χ0v) is 37.4. The summed E-state index contributed by atoms with van der Waals surface area (Å²) in [5.41, 5.74) is 7.53. The number of hydrogen-bond donors (Lipinski definition) is 4. The van der Waals surface area contributed by atoms with Crippen LogP contribution in [-0.2, 0) is 16.2 Å². The van der Waals surface area contributed by atoms with Gasteiger partial charge in [0.1, 0.15) is 23.0 Å². The molecule has 4 nitrogen and oxygen atoms in total. The molecule has 0 aromatic heterocycles. The van der Waals surface area contributed by atoms with Gasteiger partial charge in [0, 0.05) is 28.9 Å². The maximum atomic E-state index is 13.1. The fourth-order valence-electron chi connectivity index (χ4n) is 8.99. The van der Waals surface area contributed by atoms with E-state index in [9.17, 15) is 20.4 Å². The van der Waals surface area contributed by atoms with Gasteiger partial charge in [-0.25, -0.2) is 0 Å². The van der Waals surface area contributed by atoms with E-state index in [1.54, 1.807) is 18.2 Å². The summed E-state index contributed by atoms with van der Waals surface area (Å²) in [5, 5.41) is 45.6. The van der Waals surface area contributed by atoms with Crippen molar-refractivity contribution in [1.29, 1.82) is 0 Å². The van der Waals surface area contributed by atoms with Crippen LogP contribution in [0.4, 0.5) is 0 Å². The van der Waals surface area contributed by atoms with Crippen molar-refractivity contribution in [3.63, 3.8) is 0 Å². The first-order valence-corrected chi connectivity index (χ1v) is 20.1. The maximum absolute atomic E-state index is 13.1. The highest BCUT2D eigenvalue weighted by molar-refractivity contribution is 5.59. The van der Waals surface area contributed by atoms with Crippen LogP contribution in [0.1, 0.15) is 192 Å². The van der Waals surface area contributed by atoms with E-state index >= 15 is 0 Å². The standard InChI is InChI=1S/C51H72O4/c1-46(2,3)39-27-31(52)19-22-34(39)42(49(10,11)12)30-25-37(43(50(13,14)15)35-23-20-32(53)28-40(35)47(4,5)6)45(55)38(26-30)44(51(16,17)18)36-24-21-33(54)29-41(36)48(7,8)9/h19-29,42-44,52-55H,1-18H3. The van der Waals surface area contributed by atoms with Gasteiger partial charge in [-0.15, -0.1) is 0 Å². The topological polar surface area (TPSA) is 80.9 Å². The summed E-state index contributed by atoms with van der Waals surface area (Å²) in [5.74, 6) is 0.383. The number of hydrogen-bond acceptors (Lipinski definition) is 4. The van der Waals surface area contributed by atoms with E-state index in [4.69, 9.17) is 0 Å². The Hall–Kier alpha value is -3.92. The average Bonchev–Trinajstić information content (AvgIpc) is 2.98. The molecule has 4 aromatic rings. The summed E-state index contributed by atoms with van der Waals surface area (Å²) in [4.78, 5) is 0. The Morgan fingerprint density at radius 1 is 0.327 bits per heavy atom. The third-order valence-electron chi connectivity index (χ3n) is 11.2. The highest BCUT2D eigenvalue weighted by Gasteiger charge is 2.41. The van der Waals surface area contributed by atoms with Crippen LogP contribution < -0.4 is 0 Å². The lowest BCUT2D eigenvalue weighted by Gasteiger charge is -2.41. The van der Waals surface area contributed by atoms with Gasteiger partial charge < -0.3 is 20.4 Å². The molecule has 0 aliphatic rings. The largest absolute Gasteiger partial charge is 0.508 e. The molecule has 3 unspecified atom stereocenters. The molecule has 0 spiro atoms. The van der Waals surface area contributed by atoms with Crippen molar-refractivity contribution in [3.8, 4) is 23.0 Å². The van der Waals surface area contributed by atoms with Crippen LogP contribution in [0.3, 0.4) is 0 Å². The summed E-state index contributed by atoms with van der Waals surface area (Å²) in [7, 11) is 0. The van der Waals surface area contributed by atoms with E-state index in [0.29, 0.717) is 0 Å². The van der Waals surface area contributed by atoms with Crippen LogP contribution >= 0.6 is 0 Å². The van der Waals surface area contributed by atoms with Crippen molar-refractivity contribution in [2.24, 2.45) is 16.2 Å². The van der Waals surface area contributed by atoms with Crippen LogP contribution in [0.25, 0.3) is 0 Å². The molecule has 0 radical (unpaired) electrons. The van der Waals surface area contributed by atoms with E-state index in [-0.39, 0.29) is 73.2 Å². The van der Waals surface area contributed by atoms with E-state index in [0.717, 1.165) is 50.1 Å². The molecular weight excluding hydrogens is 677 g/mol. The number of phenols is 4. The van der Waals surface area contributed by atoms with Crippen molar-refractivity contribution in [1.82, 2.24) is 0 Å². The Morgan fingerprint density at radius 2 is 0.582 bits per heavy atom. The summed E-state index contributed by atoms with van der Waals surface area (Å²) in [6.45, 7) is 39.9. The number of benzene rings is 4. The van der Waals surface area contributed by atoms with Crippen molar-refractivity contribution < 1.29 is 20.4 Å². The molecular formula is C51H72O4. The Balaban J connectivity index is 2.32. The summed E-state index contributed by atoms with van der Waals surface area (Å²) in [6.07, 6.45) is 0. The molecule has 300 valence electrons. The fraction of sp³-hybridized carbons (Fsp3) is 0.529. The van der Waals surface area contributed by atoms with Gasteiger partial charge in [-0.3, -0.25) is 0 Å². The summed E-state index contributed by atoms with van der Waals surface area (Å²) in [6, 6.07) is 21.8. The Morgan fingerprint density at radius 3 is 0.818 bits per heavy atom. The molecule has 55 heavy (non-hydrogen) atoms. The molecule has 0 aliphatic carbocycles. The second kappa shape index (κ2) is 14.5. The molecule has 0 saturated carbocycles. The van der Waals surface area contributed by atoms with Gasteiger partial charge in [-0.2, -0.15) is 0 Å². The van der Waals surface area contributed by atoms with E-state index in [1.165, 1.54) is 0 Å². The van der Waals surface area contributed by atoms with Crippen LogP contribution in [0.5, 0.6) is 23.0 Å². The SMILES string of the molecule is CC(C)(C)c1cc(O)ccc1C(c1cc(C(c2ccc(O)cc2C(C)(C)C)C(C)(C)C)c(O)c(C(c2ccc(O)cc2C(C)(C)C)C(C)(C)C)c1)C(C)(C)C. The second-order valence-electron chi connectivity index (χ2n) is 22.5. The van der Waals surface area contributed by atoms with Crippen LogP contribution in [-0.4, -0.2) is 20.4 Å². The normalized spacial score (nSPS) is 15.2. The van der Waals surface area contributed by atoms with Gasteiger partial charge in [0.25, 0.3) is 0 Å². The molecule has 3 atom stereocenters. The number of phenolic OH excluding ortho intramolecular Hbond substituents is 4. The second-order valence-corrected chi connectivity index (χ2v) is 22.5. The molecule has 0 fully saturated rings. The van der Waals surface area contributed by atoms with Crippen molar-refractivity contribution >= 4 is 0 Å². The first kappa shape index (κ1) is 43.8. The van der Waals surface area contributed by atoms with Gasteiger partial charge in [0.2, 0.25) is 0 Å². The first-order valence-electron chi connectivity index (χ1n) is 20.1. The maximum Gasteiger partial charge on any atom is 0.123 e. The zero-order valence-electron chi connectivity index (χ0n) is 37.4. The predicted octanol–water partition coefficient (Wildman–Crippen LogP) is 13.9. The number of rotatable bonds is 6. The smallest absolute Gasteiger partial charge is 0.123 e. The molecule has 4 N–H and O–H groups in total. The highest BCUT2D eigenvalue weighted by Crippen LogP contribution is 2.55. The minimum absolute atomic E-state index is 0.106. The van der Waals surface area contributed by atoms with Crippen LogP contribution in [0.2, 0.25) is 0 Å². The lowest BCUT2D eigenvalue weighted by molar-refractivity contribution is 0.324. The van der Waals surface area contributed by atoms with E-state index in [1.807, 2.05) is 18.2 Å². The van der Waals surface area contributed by atoms with Gasteiger partial charge in [0.05, 0.1) is 0 Å². The molecule has 4 aromatic carbocycles. The fourth-order valence-corrected chi connectivity index (χ4v) is 8.99. The molecule has 0 saturated heterocycles. The predicted molar refractivity (Wildman–Crippen MR) is 232 cm³/mol. The van der Waals surface area contributed by atoms with Crippen molar-refractivity contribution in [2.75, 3.05) is 0 Å². The highest BCUT2D eigenvalue weighted by atomic mass is 16.3. The molecule has 0 aliphatic heterocycles. The van der Waals surface area contributed by atoms with Crippen molar-refractivity contribution in [2.45, 2.75) is 159 Å². The van der Waals surface area contributed by atoms with E-state index in [2.05, 4.69) is 155 Å². The summed E-state index contributed by atoms with van der Waals surface area (Å²) < 4.78 is 0. The molecule has 0 amide bonds. The monoisotopic (exact) mass is 749 g/mol. The quantitative estimate of drug-likeness (QED) is 0.158. The third kappa shape index (κ3) is 9.38. The minimum atomic E-state index is -0.344. The number of aromatic hydroxyl groups is 4. The molecule has 4 rings (SSSR count). The third-order valence-corrected chi connectivity index (χ3v) is 11.2. The van der Waals surface area contributed by atoms with Gasteiger partial charge in [-0.05, 0) is 108 Å².